The van der Waals surface area contributed by atoms with Crippen molar-refractivity contribution in [1.82, 2.24) is 5.32 Å². The van der Waals surface area contributed by atoms with Crippen LogP contribution >= 0.6 is 11.3 Å². The molecule has 0 fully saturated rings. The van der Waals surface area contributed by atoms with E-state index in [2.05, 4.69) is 43.4 Å². The molecule has 3 rings (SSSR count). The minimum Gasteiger partial charge on any atom is -0.464 e. The van der Waals surface area contributed by atoms with E-state index in [0.717, 1.165) is 25.0 Å². The highest BCUT2D eigenvalue weighted by Crippen LogP contribution is 2.30. The number of rotatable bonds is 6. The number of benzene rings is 1. The lowest BCUT2D eigenvalue weighted by atomic mass is 10.0. The van der Waals surface area contributed by atoms with Crippen LogP contribution < -0.4 is 5.32 Å². The van der Waals surface area contributed by atoms with Crippen molar-refractivity contribution in [3.8, 4) is 0 Å². The molecule has 1 aromatic carbocycles. The molecule has 2 nitrogen and oxygen atoms in total. The van der Waals surface area contributed by atoms with Crippen molar-refractivity contribution < 1.29 is 4.42 Å². The number of nitrogens with one attached hydrogen (secondary N) is 1. The molecule has 1 unspecified atom stereocenters. The van der Waals surface area contributed by atoms with Gasteiger partial charge in [0, 0.05) is 33.2 Å². The molecule has 0 aliphatic heterocycles. The van der Waals surface area contributed by atoms with Gasteiger partial charge in [0.15, 0.2) is 0 Å². The normalized spacial score (nSPS) is 12.9. The van der Waals surface area contributed by atoms with Crippen molar-refractivity contribution in [1.29, 1.82) is 0 Å². The average molecular weight is 299 g/mol. The summed E-state index contributed by atoms with van der Waals surface area (Å²) in [4.78, 5) is 2.89. The molecular formula is C18H21NOS. The van der Waals surface area contributed by atoms with Crippen LogP contribution in [0.15, 0.2) is 47.1 Å². The highest BCUT2D eigenvalue weighted by atomic mass is 32.1. The molecule has 0 amide bonds. The molecule has 0 aliphatic rings. The van der Waals surface area contributed by atoms with E-state index in [1.165, 1.54) is 20.7 Å². The van der Waals surface area contributed by atoms with E-state index in [9.17, 15) is 0 Å². The Labute approximate surface area is 129 Å². The lowest BCUT2D eigenvalue weighted by Crippen LogP contribution is -2.22. The summed E-state index contributed by atoms with van der Waals surface area (Å²) in [5, 5.41) is 4.82. The van der Waals surface area contributed by atoms with Gasteiger partial charge in [-0.15, -0.1) is 11.3 Å². The topological polar surface area (TPSA) is 25.2 Å². The second kappa shape index (κ2) is 6.46. The van der Waals surface area contributed by atoms with Crippen molar-refractivity contribution in [2.24, 2.45) is 0 Å². The van der Waals surface area contributed by atoms with Gasteiger partial charge in [-0.25, -0.2) is 0 Å². The first-order chi connectivity index (χ1) is 10.3. The van der Waals surface area contributed by atoms with E-state index >= 15 is 0 Å². The molecule has 0 saturated carbocycles. The molecule has 110 valence electrons. The Morgan fingerprint density at radius 3 is 2.67 bits per heavy atom. The molecule has 2 heterocycles. The second-order valence-corrected chi connectivity index (χ2v) is 6.48. The summed E-state index contributed by atoms with van der Waals surface area (Å²) in [6.07, 6.45) is 4.04. The summed E-state index contributed by atoms with van der Waals surface area (Å²) in [7, 11) is 0. The van der Waals surface area contributed by atoms with Crippen LogP contribution in [0.5, 0.6) is 0 Å². The quantitative estimate of drug-likeness (QED) is 0.696. The summed E-state index contributed by atoms with van der Waals surface area (Å²) < 4.78 is 5.70. The lowest BCUT2D eigenvalue weighted by molar-refractivity contribution is 0.538. The maximum absolute atomic E-state index is 5.70. The maximum Gasteiger partial charge on any atom is 0.134 e. The molecule has 0 aliphatic carbocycles. The first kappa shape index (κ1) is 14.4. The van der Waals surface area contributed by atoms with Gasteiger partial charge < -0.3 is 9.73 Å². The molecule has 1 N–H and O–H groups in total. The summed E-state index contributed by atoms with van der Waals surface area (Å²) in [6.45, 7) is 5.32. The van der Waals surface area contributed by atoms with E-state index in [4.69, 9.17) is 4.42 Å². The zero-order valence-corrected chi connectivity index (χ0v) is 13.4. The first-order valence-electron chi connectivity index (χ1n) is 7.59. The third kappa shape index (κ3) is 3.04. The monoisotopic (exact) mass is 299 g/mol. The molecular weight excluding hydrogens is 278 g/mol. The molecule has 21 heavy (non-hydrogen) atoms. The fourth-order valence-electron chi connectivity index (χ4n) is 2.73. The smallest absolute Gasteiger partial charge is 0.134 e. The van der Waals surface area contributed by atoms with Crippen molar-refractivity contribution >= 4 is 22.3 Å². The van der Waals surface area contributed by atoms with Gasteiger partial charge in [0.25, 0.3) is 0 Å². The Morgan fingerprint density at radius 2 is 1.90 bits per heavy atom. The second-order valence-electron chi connectivity index (χ2n) is 5.22. The SMILES string of the molecule is CCNC(Cc1ccc(CC)s1)c1coc2ccccc12. The Hall–Kier alpha value is -1.58. The van der Waals surface area contributed by atoms with Crippen molar-refractivity contribution in [3.05, 3.63) is 58.0 Å². The first-order valence-corrected chi connectivity index (χ1v) is 8.40. The number of aryl methyl sites for hydroxylation is 1. The molecule has 0 radical (unpaired) electrons. The Bertz CT molecular complexity index is 713. The van der Waals surface area contributed by atoms with E-state index in [-0.39, 0.29) is 0 Å². The highest BCUT2D eigenvalue weighted by molar-refractivity contribution is 7.11. The Morgan fingerprint density at radius 1 is 1.10 bits per heavy atom. The minimum absolute atomic E-state index is 0.307. The van der Waals surface area contributed by atoms with Crippen LogP contribution in [0.25, 0.3) is 11.0 Å². The fourth-order valence-corrected chi connectivity index (χ4v) is 3.73. The summed E-state index contributed by atoms with van der Waals surface area (Å²) in [5.74, 6) is 0. The summed E-state index contributed by atoms with van der Waals surface area (Å²) in [6, 6.07) is 13.1. The lowest BCUT2D eigenvalue weighted by Gasteiger charge is -2.16. The van der Waals surface area contributed by atoms with E-state index in [0.29, 0.717) is 6.04 Å². The predicted molar refractivity (Wildman–Crippen MR) is 90.0 cm³/mol. The van der Waals surface area contributed by atoms with Crippen LogP contribution in [0.4, 0.5) is 0 Å². The number of para-hydroxylation sites is 1. The number of fused-ring (bicyclic) bond motifs is 1. The van der Waals surface area contributed by atoms with Crippen molar-refractivity contribution in [3.63, 3.8) is 0 Å². The van der Waals surface area contributed by atoms with E-state index in [1.54, 1.807) is 0 Å². The van der Waals surface area contributed by atoms with Crippen molar-refractivity contribution in [2.45, 2.75) is 32.7 Å². The maximum atomic E-state index is 5.70. The average Bonchev–Trinajstić information content (AvgIpc) is 3.13. The number of thiophene rings is 1. The van der Waals surface area contributed by atoms with Gasteiger partial charge >= 0.3 is 0 Å². The molecule has 3 heteroatoms. The van der Waals surface area contributed by atoms with Gasteiger partial charge in [0.1, 0.15) is 5.58 Å². The summed E-state index contributed by atoms with van der Waals surface area (Å²) in [5.41, 5.74) is 2.23. The molecule has 2 aromatic heterocycles. The molecule has 1 atom stereocenters. The van der Waals surface area contributed by atoms with Gasteiger partial charge in [0.2, 0.25) is 0 Å². The Kier molecular flexibility index (Phi) is 4.42. The van der Waals surface area contributed by atoms with Gasteiger partial charge in [-0.1, -0.05) is 32.0 Å². The van der Waals surface area contributed by atoms with Gasteiger partial charge in [-0.05, 0) is 31.2 Å². The molecule has 3 aromatic rings. The third-order valence-electron chi connectivity index (χ3n) is 3.81. The van der Waals surface area contributed by atoms with E-state index in [1.807, 2.05) is 29.7 Å². The van der Waals surface area contributed by atoms with E-state index < -0.39 is 0 Å². The zero-order chi connectivity index (χ0) is 14.7. The minimum atomic E-state index is 0.307. The van der Waals surface area contributed by atoms with Crippen LogP contribution in [-0.4, -0.2) is 6.54 Å². The number of hydrogen-bond acceptors (Lipinski definition) is 3. The number of furan rings is 1. The molecule has 0 bridgehead atoms. The largest absolute Gasteiger partial charge is 0.464 e. The van der Waals surface area contributed by atoms with Gasteiger partial charge in [0.05, 0.1) is 6.26 Å². The third-order valence-corrected chi connectivity index (χ3v) is 5.06. The fraction of sp³-hybridized carbons (Fsp3) is 0.333. The highest BCUT2D eigenvalue weighted by Gasteiger charge is 2.17. The summed E-state index contributed by atoms with van der Waals surface area (Å²) >= 11 is 1.92. The standard InChI is InChI=1S/C18H21NOS/c1-3-13-9-10-14(21-13)11-17(19-4-2)16-12-20-18-8-6-5-7-15(16)18/h5-10,12,17,19H,3-4,11H2,1-2H3. The number of likely N-dealkylation sites (N-methyl/N-ethyl adjacent to an activating group) is 1. The van der Waals surface area contributed by atoms with Gasteiger partial charge in [-0.3, -0.25) is 0 Å². The number of hydrogen-bond donors (Lipinski definition) is 1. The van der Waals surface area contributed by atoms with Crippen molar-refractivity contribution in [2.75, 3.05) is 6.54 Å². The zero-order valence-electron chi connectivity index (χ0n) is 12.6. The predicted octanol–water partition coefficient (Wildman–Crippen LogP) is 4.95. The van der Waals surface area contributed by atoms with Crippen LogP contribution in [0.2, 0.25) is 0 Å². The van der Waals surface area contributed by atoms with Crippen LogP contribution in [0, 0.1) is 0 Å². The van der Waals surface area contributed by atoms with Crippen LogP contribution in [0.3, 0.4) is 0 Å². The van der Waals surface area contributed by atoms with Crippen LogP contribution in [-0.2, 0) is 12.8 Å². The van der Waals surface area contributed by atoms with Gasteiger partial charge in [-0.2, -0.15) is 0 Å². The van der Waals surface area contributed by atoms with Crippen LogP contribution in [0.1, 0.15) is 35.2 Å². The Balaban J connectivity index is 1.90. The molecule has 0 saturated heterocycles. The molecule has 0 spiro atoms.